The maximum absolute atomic E-state index is 8.96. The number of rotatable bonds is 14. The fourth-order valence-corrected chi connectivity index (χ4v) is 23.1. The Morgan fingerprint density at radius 3 is 1.46 bits per heavy atom. The molecule has 0 spiro atoms. The molecule has 0 bridgehead atoms. The number of hydrogen-bond donors (Lipinski definition) is 2. The smallest absolute Gasteiger partial charge is 0.436 e. The van der Waals surface area contributed by atoms with Gasteiger partial charge in [0.05, 0.1) is 0 Å². The van der Waals surface area contributed by atoms with E-state index in [1.165, 1.54) is 18.9 Å². The Morgan fingerprint density at radius 1 is 0.654 bits per heavy atom. The van der Waals surface area contributed by atoms with E-state index in [1.807, 2.05) is 0 Å². The molecule has 0 aromatic rings. The van der Waals surface area contributed by atoms with Gasteiger partial charge in [0.25, 0.3) is 0 Å². The van der Waals surface area contributed by atoms with Crippen LogP contribution in [-0.4, -0.2) is 50.9 Å². The van der Waals surface area contributed by atoms with Gasteiger partial charge in [-0.15, -0.1) is 0 Å². The van der Waals surface area contributed by atoms with Crippen molar-refractivity contribution in [2.45, 2.75) is 103 Å². The molecule has 0 aliphatic carbocycles. The second-order valence-corrected chi connectivity index (χ2v) is 25.5. The van der Waals surface area contributed by atoms with Crippen LogP contribution >= 0.6 is 0 Å². The topological polar surface area (TPSA) is 68.2 Å². The van der Waals surface area contributed by atoms with Crippen LogP contribution in [0.3, 0.4) is 0 Å². The molecule has 0 saturated heterocycles. The highest BCUT2D eigenvalue weighted by molar-refractivity contribution is 6.89. The molecule has 0 radical (unpaired) electrons. The van der Waals surface area contributed by atoms with Crippen molar-refractivity contribution in [3.05, 3.63) is 0 Å². The molecule has 0 aliphatic heterocycles. The Labute approximate surface area is 166 Å². The predicted octanol–water partition coefficient (Wildman–Crippen LogP) is 4.90. The van der Waals surface area contributed by atoms with Crippen molar-refractivity contribution in [1.29, 1.82) is 0 Å². The molecule has 2 N–H and O–H groups in total. The molecular weight excluding hydrogens is 395 g/mol. The summed E-state index contributed by atoms with van der Waals surface area (Å²) in [4.78, 5) is 0. The van der Waals surface area contributed by atoms with Gasteiger partial charge in [-0.25, -0.2) is 0 Å². The molecule has 0 saturated carbocycles. The Balaban J connectivity index is 4.63. The summed E-state index contributed by atoms with van der Waals surface area (Å²) in [6, 6.07) is 2.20. The zero-order valence-electron chi connectivity index (χ0n) is 18.6. The van der Waals surface area contributed by atoms with Crippen molar-refractivity contribution < 1.29 is 22.4 Å². The van der Waals surface area contributed by atoms with Gasteiger partial charge >= 0.3 is 24.2 Å². The standard InChI is InChI=1S/C16H43BO5Si4/c1-10-11-15-23(2,3)20-25(6,7)22-26(8,9)21-24(4,5)16-13-12-14-17(18)19/h18-19H,10-16H2,1-9H3. The predicted molar refractivity (Wildman–Crippen MR) is 122 cm³/mol. The van der Waals surface area contributed by atoms with Crippen LogP contribution in [0.5, 0.6) is 0 Å². The van der Waals surface area contributed by atoms with Gasteiger partial charge in [-0.1, -0.05) is 32.6 Å². The summed E-state index contributed by atoms with van der Waals surface area (Å²) >= 11 is 0. The third kappa shape index (κ3) is 13.8. The molecule has 0 amide bonds. The lowest BCUT2D eigenvalue weighted by molar-refractivity contribution is 0.327. The molecule has 26 heavy (non-hydrogen) atoms. The van der Waals surface area contributed by atoms with E-state index in [0.29, 0.717) is 6.32 Å². The highest BCUT2D eigenvalue weighted by Crippen LogP contribution is 2.28. The van der Waals surface area contributed by atoms with Crippen molar-refractivity contribution in [3.63, 3.8) is 0 Å². The van der Waals surface area contributed by atoms with E-state index in [-0.39, 0.29) is 0 Å². The van der Waals surface area contributed by atoms with Gasteiger partial charge in [-0.05, 0) is 70.8 Å². The summed E-state index contributed by atoms with van der Waals surface area (Å²) in [7, 11) is -9.21. The Hall–Kier alpha value is 0.732. The van der Waals surface area contributed by atoms with E-state index >= 15 is 0 Å². The van der Waals surface area contributed by atoms with E-state index in [1.54, 1.807) is 0 Å². The lowest BCUT2D eigenvalue weighted by Gasteiger charge is -2.41. The van der Waals surface area contributed by atoms with Gasteiger partial charge in [-0.2, -0.15) is 0 Å². The summed E-state index contributed by atoms with van der Waals surface area (Å²) in [6.45, 7) is 19.9. The number of unbranched alkanes of at least 4 members (excludes halogenated alkanes) is 2. The maximum Gasteiger partial charge on any atom is 0.451 e. The summed E-state index contributed by atoms with van der Waals surface area (Å²) in [5.41, 5.74) is 0. The van der Waals surface area contributed by atoms with Crippen LogP contribution in [0.15, 0.2) is 0 Å². The van der Waals surface area contributed by atoms with Crippen LogP contribution in [0.2, 0.25) is 70.8 Å². The van der Waals surface area contributed by atoms with Crippen LogP contribution in [0.1, 0.15) is 32.6 Å². The lowest BCUT2D eigenvalue weighted by Crippen LogP contribution is -2.56. The monoisotopic (exact) mass is 438 g/mol. The molecule has 0 rings (SSSR count). The maximum atomic E-state index is 8.96. The highest BCUT2D eigenvalue weighted by atomic mass is 28.5. The van der Waals surface area contributed by atoms with Gasteiger partial charge in [0, 0.05) is 0 Å². The lowest BCUT2D eigenvalue weighted by atomic mass is 9.84. The zero-order valence-corrected chi connectivity index (χ0v) is 22.6. The van der Waals surface area contributed by atoms with E-state index < -0.39 is 40.9 Å². The Kier molecular flexibility index (Phi) is 11.4. The fraction of sp³-hybridized carbons (Fsp3) is 1.00. The molecule has 0 fully saturated rings. The average molecular weight is 439 g/mol. The first-order valence-corrected chi connectivity index (χ1v) is 21.9. The van der Waals surface area contributed by atoms with Crippen molar-refractivity contribution in [2.24, 2.45) is 0 Å². The molecular formula is C16H43BO5Si4. The molecule has 156 valence electrons. The van der Waals surface area contributed by atoms with Gasteiger partial charge in [0.2, 0.25) is 0 Å². The van der Waals surface area contributed by atoms with Crippen LogP contribution < -0.4 is 0 Å². The molecule has 5 nitrogen and oxygen atoms in total. The van der Waals surface area contributed by atoms with Crippen molar-refractivity contribution in [3.8, 4) is 0 Å². The van der Waals surface area contributed by atoms with Crippen molar-refractivity contribution in [2.75, 3.05) is 0 Å². The van der Waals surface area contributed by atoms with E-state index in [2.05, 4.69) is 59.3 Å². The Morgan fingerprint density at radius 2 is 1.08 bits per heavy atom. The van der Waals surface area contributed by atoms with Gasteiger partial charge in [0.1, 0.15) is 0 Å². The first-order valence-electron chi connectivity index (χ1n) is 10.1. The van der Waals surface area contributed by atoms with Crippen LogP contribution in [0, 0.1) is 0 Å². The first-order chi connectivity index (χ1) is 11.6. The van der Waals surface area contributed by atoms with Gasteiger partial charge in [-0.3, -0.25) is 0 Å². The largest absolute Gasteiger partial charge is 0.451 e. The molecule has 0 heterocycles. The minimum absolute atomic E-state index is 0.438. The zero-order chi connectivity index (χ0) is 20.6. The van der Waals surface area contributed by atoms with Gasteiger partial charge < -0.3 is 22.4 Å². The first kappa shape index (κ1) is 26.7. The molecule has 0 aromatic heterocycles. The van der Waals surface area contributed by atoms with Gasteiger partial charge in [0.15, 0.2) is 16.6 Å². The molecule has 0 atom stereocenters. The number of hydrogen-bond acceptors (Lipinski definition) is 5. The minimum atomic E-state index is -2.27. The summed E-state index contributed by atoms with van der Waals surface area (Å²) in [5.74, 6) is 0. The van der Waals surface area contributed by atoms with E-state index in [4.69, 9.17) is 22.4 Å². The van der Waals surface area contributed by atoms with Crippen molar-refractivity contribution >= 4 is 40.9 Å². The normalized spacial score (nSPS) is 14.0. The third-order valence-electron chi connectivity index (χ3n) is 4.16. The second-order valence-electron chi connectivity index (χ2n) is 9.46. The summed E-state index contributed by atoms with van der Waals surface area (Å²) in [5, 5.41) is 17.9. The highest BCUT2D eigenvalue weighted by Gasteiger charge is 2.43. The molecule has 0 unspecified atom stereocenters. The SMILES string of the molecule is CCCC[Si](C)(C)O[Si](C)(C)O[Si](C)(C)O[Si](C)(C)CCCCB(O)O. The van der Waals surface area contributed by atoms with Crippen LogP contribution in [0.25, 0.3) is 0 Å². The Bertz CT molecular complexity index is 406. The van der Waals surface area contributed by atoms with E-state index in [9.17, 15) is 0 Å². The quantitative estimate of drug-likeness (QED) is 0.298. The molecule has 0 aliphatic rings. The van der Waals surface area contributed by atoms with Crippen LogP contribution in [-0.2, 0) is 12.3 Å². The molecule has 10 heteroatoms. The minimum Gasteiger partial charge on any atom is -0.436 e. The molecule has 0 aromatic carbocycles. The van der Waals surface area contributed by atoms with Crippen molar-refractivity contribution in [1.82, 2.24) is 0 Å². The second kappa shape index (κ2) is 11.1. The van der Waals surface area contributed by atoms with Crippen LogP contribution in [0.4, 0.5) is 0 Å². The van der Waals surface area contributed by atoms with E-state index in [0.717, 1.165) is 18.9 Å². The third-order valence-corrected chi connectivity index (χ3v) is 19.6. The summed E-state index contributed by atoms with van der Waals surface area (Å²) in [6.07, 6.45) is 4.66. The fourth-order valence-electron chi connectivity index (χ4n) is 3.55. The summed E-state index contributed by atoms with van der Waals surface area (Å²) < 4.78 is 19.7. The average Bonchev–Trinajstić information content (AvgIpc) is 2.37.